The molecule has 0 radical (unpaired) electrons. The fourth-order valence-electron chi connectivity index (χ4n) is 3.38. The van der Waals surface area contributed by atoms with Gasteiger partial charge in [0.05, 0.1) is 17.0 Å². The van der Waals surface area contributed by atoms with Crippen LogP contribution in [-0.4, -0.2) is 45.7 Å². The SMILES string of the molecule is CNC(=O)C1CCN(Cc2csc(-c3c(C)c(C)nn(C)c3=O)n2)CC1. The summed E-state index contributed by atoms with van der Waals surface area (Å²) in [6.07, 6.45) is 1.75. The Hall–Kier alpha value is -2.06. The van der Waals surface area contributed by atoms with E-state index in [2.05, 4.69) is 15.3 Å². The number of nitrogens with one attached hydrogen (secondary N) is 1. The minimum absolute atomic E-state index is 0.111. The first-order valence-electron chi connectivity index (χ1n) is 8.84. The van der Waals surface area contributed by atoms with E-state index >= 15 is 0 Å². The van der Waals surface area contributed by atoms with Crippen LogP contribution >= 0.6 is 11.3 Å². The molecular formula is C18H25N5O2S. The van der Waals surface area contributed by atoms with Gasteiger partial charge in [-0.3, -0.25) is 14.5 Å². The molecule has 0 unspecified atom stereocenters. The molecule has 2 aromatic rings. The lowest BCUT2D eigenvalue weighted by atomic mass is 9.96. The zero-order chi connectivity index (χ0) is 18.8. The summed E-state index contributed by atoms with van der Waals surface area (Å²) in [7, 11) is 3.36. The second-order valence-electron chi connectivity index (χ2n) is 6.82. The first kappa shape index (κ1) is 18.7. The molecule has 0 aliphatic carbocycles. The fraction of sp³-hybridized carbons (Fsp3) is 0.556. The average molecular weight is 375 g/mol. The first-order valence-corrected chi connectivity index (χ1v) is 9.72. The molecule has 140 valence electrons. The van der Waals surface area contributed by atoms with E-state index in [0.29, 0.717) is 5.56 Å². The number of likely N-dealkylation sites (tertiary alicyclic amines) is 1. The van der Waals surface area contributed by atoms with Gasteiger partial charge in [-0.1, -0.05) is 0 Å². The van der Waals surface area contributed by atoms with E-state index in [1.165, 1.54) is 16.0 Å². The Morgan fingerprint density at radius 2 is 2.04 bits per heavy atom. The van der Waals surface area contributed by atoms with Crippen molar-refractivity contribution in [1.29, 1.82) is 0 Å². The van der Waals surface area contributed by atoms with Gasteiger partial charge in [-0.25, -0.2) is 9.67 Å². The molecule has 0 spiro atoms. The van der Waals surface area contributed by atoms with Crippen LogP contribution in [0, 0.1) is 19.8 Å². The molecule has 0 bridgehead atoms. The molecule has 1 aliphatic heterocycles. The maximum absolute atomic E-state index is 12.5. The van der Waals surface area contributed by atoms with Crippen LogP contribution in [0.1, 0.15) is 29.8 Å². The third-order valence-electron chi connectivity index (χ3n) is 5.08. The van der Waals surface area contributed by atoms with Crippen molar-refractivity contribution in [2.75, 3.05) is 20.1 Å². The van der Waals surface area contributed by atoms with Gasteiger partial charge in [0.25, 0.3) is 5.56 Å². The van der Waals surface area contributed by atoms with Gasteiger partial charge in [-0.15, -0.1) is 11.3 Å². The highest BCUT2D eigenvalue weighted by molar-refractivity contribution is 7.13. The van der Waals surface area contributed by atoms with Crippen LogP contribution in [0.4, 0.5) is 0 Å². The number of carbonyl (C=O) groups is 1. The number of hydrogen-bond acceptors (Lipinski definition) is 6. The van der Waals surface area contributed by atoms with E-state index in [1.54, 1.807) is 14.1 Å². The Bertz CT molecular complexity index is 865. The molecule has 1 N–H and O–H groups in total. The first-order chi connectivity index (χ1) is 12.4. The Balaban J connectivity index is 1.72. The van der Waals surface area contributed by atoms with Gasteiger partial charge in [0.2, 0.25) is 5.91 Å². The van der Waals surface area contributed by atoms with Crippen molar-refractivity contribution in [2.45, 2.75) is 33.2 Å². The summed E-state index contributed by atoms with van der Waals surface area (Å²) in [6, 6.07) is 0. The Labute approximate surface area is 157 Å². The number of rotatable bonds is 4. The molecule has 3 heterocycles. The molecule has 1 fully saturated rings. The summed E-state index contributed by atoms with van der Waals surface area (Å²) in [6.45, 7) is 6.35. The predicted octanol–water partition coefficient (Wildman–Crippen LogP) is 1.48. The van der Waals surface area contributed by atoms with Gasteiger partial charge in [0.1, 0.15) is 5.01 Å². The molecule has 1 amide bonds. The van der Waals surface area contributed by atoms with Crippen molar-refractivity contribution >= 4 is 17.2 Å². The highest BCUT2D eigenvalue weighted by Crippen LogP contribution is 2.26. The molecule has 1 aliphatic rings. The van der Waals surface area contributed by atoms with Crippen molar-refractivity contribution in [2.24, 2.45) is 13.0 Å². The van der Waals surface area contributed by atoms with E-state index in [1.807, 2.05) is 19.2 Å². The summed E-state index contributed by atoms with van der Waals surface area (Å²) < 4.78 is 1.38. The largest absolute Gasteiger partial charge is 0.359 e. The predicted molar refractivity (Wildman–Crippen MR) is 102 cm³/mol. The Morgan fingerprint density at radius 3 is 2.69 bits per heavy atom. The van der Waals surface area contributed by atoms with Gasteiger partial charge in [-0.2, -0.15) is 5.10 Å². The van der Waals surface area contributed by atoms with Gasteiger partial charge < -0.3 is 5.32 Å². The molecule has 0 aromatic carbocycles. The normalized spacial score (nSPS) is 16.0. The van der Waals surface area contributed by atoms with E-state index < -0.39 is 0 Å². The maximum Gasteiger partial charge on any atom is 0.277 e. The topological polar surface area (TPSA) is 80.1 Å². The number of aryl methyl sites for hydroxylation is 2. The minimum Gasteiger partial charge on any atom is -0.359 e. The Kier molecular flexibility index (Phi) is 5.52. The van der Waals surface area contributed by atoms with Crippen LogP contribution in [0.2, 0.25) is 0 Å². The number of piperidine rings is 1. The molecule has 7 nitrogen and oxygen atoms in total. The molecular weight excluding hydrogens is 350 g/mol. The summed E-state index contributed by atoms with van der Waals surface area (Å²) in [5, 5.41) is 9.74. The molecule has 0 saturated carbocycles. The number of carbonyl (C=O) groups excluding carboxylic acids is 1. The van der Waals surface area contributed by atoms with Gasteiger partial charge in [-0.05, 0) is 45.3 Å². The lowest BCUT2D eigenvalue weighted by Crippen LogP contribution is -2.39. The summed E-state index contributed by atoms with van der Waals surface area (Å²) in [5.74, 6) is 0.257. The van der Waals surface area contributed by atoms with Gasteiger partial charge in [0.15, 0.2) is 0 Å². The molecule has 1 saturated heterocycles. The lowest BCUT2D eigenvalue weighted by Gasteiger charge is -2.30. The molecule has 8 heteroatoms. The van der Waals surface area contributed by atoms with Crippen molar-refractivity contribution < 1.29 is 4.79 Å². The smallest absolute Gasteiger partial charge is 0.277 e. The van der Waals surface area contributed by atoms with Crippen LogP contribution in [0.3, 0.4) is 0 Å². The lowest BCUT2D eigenvalue weighted by molar-refractivity contribution is -0.125. The summed E-state index contributed by atoms with van der Waals surface area (Å²) in [4.78, 5) is 31.2. The zero-order valence-corrected chi connectivity index (χ0v) is 16.5. The van der Waals surface area contributed by atoms with Crippen molar-refractivity contribution in [3.63, 3.8) is 0 Å². The standard InChI is InChI=1S/C18H25N5O2S/c1-11-12(2)21-22(4)18(25)15(11)17-20-14(10-26-17)9-23-7-5-13(6-8-23)16(24)19-3/h10,13H,5-9H2,1-4H3,(H,19,24). The third kappa shape index (κ3) is 3.71. The molecule has 2 aromatic heterocycles. The molecule has 0 atom stereocenters. The van der Waals surface area contributed by atoms with Crippen LogP contribution in [-0.2, 0) is 18.4 Å². The van der Waals surface area contributed by atoms with Crippen molar-refractivity contribution in [3.8, 4) is 10.6 Å². The summed E-state index contributed by atoms with van der Waals surface area (Å²) in [5.41, 5.74) is 3.24. The van der Waals surface area contributed by atoms with E-state index in [4.69, 9.17) is 4.98 Å². The van der Waals surface area contributed by atoms with Crippen LogP contribution < -0.4 is 10.9 Å². The van der Waals surface area contributed by atoms with E-state index in [-0.39, 0.29) is 17.4 Å². The second kappa shape index (κ2) is 7.67. The van der Waals surface area contributed by atoms with Gasteiger partial charge in [0, 0.05) is 31.9 Å². The highest BCUT2D eigenvalue weighted by Gasteiger charge is 2.25. The fourth-order valence-corrected chi connectivity index (χ4v) is 4.28. The monoisotopic (exact) mass is 375 g/mol. The summed E-state index contributed by atoms with van der Waals surface area (Å²) >= 11 is 1.50. The second-order valence-corrected chi connectivity index (χ2v) is 7.68. The number of amides is 1. The molecule has 3 rings (SSSR count). The Morgan fingerprint density at radius 1 is 1.35 bits per heavy atom. The van der Waals surface area contributed by atoms with Crippen LogP contribution in [0.5, 0.6) is 0 Å². The number of aromatic nitrogens is 3. The average Bonchev–Trinajstić information content (AvgIpc) is 3.08. The van der Waals surface area contributed by atoms with Crippen molar-refractivity contribution in [3.05, 3.63) is 32.7 Å². The van der Waals surface area contributed by atoms with Crippen LogP contribution in [0.15, 0.2) is 10.2 Å². The van der Waals surface area contributed by atoms with E-state index in [9.17, 15) is 9.59 Å². The van der Waals surface area contributed by atoms with Crippen molar-refractivity contribution in [1.82, 2.24) is 25.0 Å². The van der Waals surface area contributed by atoms with Crippen LogP contribution in [0.25, 0.3) is 10.6 Å². The number of nitrogens with zero attached hydrogens (tertiary/aromatic N) is 4. The highest BCUT2D eigenvalue weighted by atomic mass is 32.1. The van der Waals surface area contributed by atoms with E-state index in [0.717, 1.165) is 54.4 Å². The minimum atomic E-state index is -0.111. The maximum atomic E-state index is 12.5. The third-order valence-corrected chi connectivity index (χ3v) is 5.99. The zero-order valence-electron chi connectivity index (χ0n) is 15.7. The number of hydrogen-bond donors (Lipinski definition) is 1. The quantitative estimate of drug-likeness (QED) is 0.876. The van der Waals surface area contributed by atoms with Gasteiger partial charge >= 0.3 is 0 Å². The molecule has 26 heavy (non-hydrogen) atoms. The number of thiazole rings is 1.